The van der Waals surface area contributed by atoms with Gasteiger partial charge >= 0.3 is 0 Å². The Labute approximate surface area is 160 Å². The molecule has 0 heterocycles. The van der Waals surface area contributed by atoms with Gasteiger partial charge in [-0.15, -0.1) is 0 Å². The number of carbonyl (C=O) groups excluding carboxylic acids is 1. The van der Waals surface area contributed by atoms with Gasteiger partial charge in [-0.2, -0.15) is 0 Å². The van der Waals surface area contributed by atoms with Gasteiger partial charge in [0.1, 0.15) is 5.75 Å². The van der Waals surface area contributed by atoms with Gasteiger partial charge in [-0.3, -0.25) is 4.79 Å². The monoisotopic (exact) mass is 367 g/mol. The highest BCUT2D eigenvalue weighted by molar-refractivity contribution is 5.96. The van der Waals surface area contributed by atoms with E-state index in [1.54, 1.807) is 6.07 Å². The minimum Gasteiger partial charge on any atom is -0.507 e. The summed E-state index contributed by atoms with van der Waals surface area (Å²) >= 11 is 0. The molecule has 0 aliphatic heterocycles. The lowest BCUT2D eigenvalue weighted by Gasteiger charge is -2.63. The lowest BCUT2D eigenvalue weighted by Crippen LogP contribution is -2.66. The number of allylic oxidation sites excluding steroid dienone is 1. The Morgan fingerprint density at radius 1 is 1.26 bits per heavy atom. The van der Waals surface area contributed by atoms with Crippen molar-refractivity contribution in [2.24, 2.45) is 23.5 Å². The fraction of sp³-hybridized carbons (Fsp3) is 0.609. The summed E-state index contributed by atoms with van der Waals surface area (Å²) in [6.45, 7) is 4.23. The largest absolute Gasteiger partial charge is 0.507 e. The van der Waals surface area contributed by atoms with Crippen molar-refractivity contribution in [1.82, 2.24) is 0 Å². The normalized spacial score (nSPS) is 37.4. The zero-order valence-corrected chi connectivity index (χ0v) is 15.8. The van der Waals surface area contributed by atoms with Crippen LogP contribution in [-0.4, -0.2) is 21.7 Å². The van der Waals surface area contributed by atoms with Crippen LogP contribution in [0.25, 0.3) is 0 Å². The molecular weight excluding hydrogens is 338 g/mol. The number of nitrogens with two attached hydrogens (primary N) is 1. The minimum atomic E-state index is -0.827. The van der Waals surface area contributed by atoms with Crippen LogP contribution in [0, 0.1) is 17.8 Å². The molecule has 4 N–H and O–H groups in total. The molecule has 0 aromatic heterocycles. The molecule has 2 bridgehead atoms. The highest BCUT2D eigenvalue weighted by Crippen LogP contribution is 2.65. The summed E-state index contributed by atoms with van der Waals surface area (Å²) in [5, 5.41) is 23.1. The fourth-order valence-electron chi connectivity index (χ4n) is 6.74. The second-order valence-electron chi connectivity index (χ2n) is 9.58. The predicted molar refractivity (Wildman–Crippen MR) is 104 cm³/mol. The number of primary amides is 1. The van der Waals surface area contributed by atoms with Gasteiger partial charge in [0, 0.05) is 11.0 Å². The number of rotatable bonds is 3. The highest BCUT2D eigenvalue weighted by atomic mass is 16.3. The number of aromatic hydroxyl groups is 1. The Balaban J connectivity index is 1.70. The van der Waals surface area contributed by atoms with E-state index in [-0.39, 0.29) is 17.2 Å². The summed E-state index contributed by atoms with van der Waals surface area (Å²) in [6.07, 6.45) is 8.85. The quantitative estimate of drug-likeness (QED) is 0.714. The van der Waals surface area contributed by atoms with Crippen molar-refractivity contribution in [3.05, 3.63) is 41.0 Å². The molecule has 4 heteroatoms. The first-order valence-electron chi connectivity index (χ1n) is 10.4. The standard InChI is InChI=1S/C23H29NO3/c1-13-6-9-23(27)18-11-16-4-5-17(21(24)26)20(25)19(16)22(23,12-13)8-7-15(18)10-14-2-3-14/h4-5,14-15,18,25,27H,1-3,6-12H2,(H2,24,26). The molecule has 1 aromatic rings. The lowest BCUT2D eigenvalue weighted by molar-refractivity contribution is -0.159. The molecule has 0 radical (unpaired) electrons. The van der Waals surface area contributed by atoms with E-state index in [9.17, 15) is 15.0 Å². The first-order valence-corrected chi connectivity index (χ1v) is 10.4. The maximum absolute atomic E-state index is 12.1. The van der Waals surface area contributed by atoms with Crippen LogP contribution in [-0.2, 0) is 11.8 Å². The molecule has 0 saturated heterocycles. The second kappa shape index (κ2) is 5.60. The third kappa shape index (κ3) is 2.29. The van der Waals surface area contributed by atoms with Crippen LogP contribution in [0.1, 0.15) is 72.9 Å². The molecule has 4 atom stereocenters. The maximum Gasteiger partial charge on any atom is 0.252 e. The van der Waals surface area contributed by atoms with E-state index in [1.807, 2.05) is 6.07 Å². The van der Waals surface area contributed by atoms with Crippen LogP contribution in [0.2, 0.25) is 0 Å². The SMILES string of the molecule is C=C1CCC2(O)C3Cc4ccc(C(N)=O)c(O)c4C2(CCC3CC2CC2)C1. The van der Waals surface area contributed by atoms with E-state index < -0.39 is 16.9 Å². The molecule has 1 amide bonds. The van der Waals surface area contributed by atoms with Crippen molar-refractivity contribution in [1.29, 1.82) is 0 Å². The first kappa shape index (κ1) is 17.3. The topological polar surface area (TPSA) is 83.5 Å². The molecular formula is C23H29NO3. The van der Waals surface area contributed by atoms with Crippen LogP contribution < -0.4 is 5.73 Å². The van der Waals surface area contributed by atoms with Gasteiger partial charge < -0.3 is 15.9 Å². The molecule has 4 aliphatic rings. The van der Waals surface area contributed by atoms with Crippen LogP contribution in [0.4, 0.5) is 0 Å². The van der Waals surface area contributed by atoms with Gasteiger partial charge in [0.05, 0.1) is 11.2 Å². The minimum absolute atomic E-state index is 0.00721. The maximum atomic E-state index is 12.1. The Kier molecular flexibility index (Phi) is 3.59. The number of aliphatic hydroxyl groups is 1. The molecule has 5 rings (SSSR count). The van der Waals surface area contributed by atoms with E-state index in [1.165, 1.54) is 19.3 Å². The van der Waals surface area contributed by atoms with E-state index >= 15 is 0 Å². The Hall–Kier alpha value is -1.81. The van der Waals surface area contributed by atoms with E-state index in [2.05, 4.69) is 6.58 Å². The number of phenols is 1. The molecule has 144 valence electrons. The molecule has 4 aliphatic carbocycles. The van der Waals surface area contributed by atoms with Crippen molar-refractivity contribution in [3.63, 3.8) is 0 Å². The first-order chi connectivity index (χ1) is 12.9. The molecule has 27 heavy (non-hydrogen) atoms. The average molecular weight is 367 g/mol. The number of fused-ring (bicyclic) bond motifs is 1. The third-order valence-electron chi connectivity index (χ3n) is 8.15. The zero-order valence-electron chi connectivity index (χ0n) is 15.8. The molecule has 4 unspecified atom stereocenters. The highest BCUT2D eigenvalue weighted by Gasteiger charge is 2.65. The zero-order chi connectivity index (χ0) is 19.0. The van der Waals surface area contributed by atoms with Gasteiger partial charge in [0.15, 0.2) is 0 Å². The number of benzene rings is 1. The molecule has 1 aromatic carbocycles. The van der Waals surface area contributed by atoms with Gasteiger partial charge in [-0.05, 0) is 74.3 Å². The van der Waals surface area contributed by atoms with Gasteiger partial charge in [0.2, 0.25) is 0 Å². The van der Waals surface area contributed by atoms with Crippen LogP contribution in [0.15, 0.2) is 24.3 Å². The summed E-state index contributed by atoms with van der Waals surface area (Å²) in [4.78, 5) is 11.8. The van der Waals surface area contributed by atoms with E-state index in [4.69, 9.17) is 5.73 Å². The summed E-state index contributed by atoms with van der Waals surface area (Å²) in [5.74, 6) is 0.998. The summed E-state index contributed by atoms with van der Waals surface area (Å²) in [5.41, 5.74) is 7.32. The van der Waals surface area contributed by atoms with Gasteiger partial charge in [-0.1, -0.05) is 31.1 Å². The van der Waals surface area contributed by atoms with Crippen LogP contribution >= 0.6 is 0 Å². The van der Waals surface area contributed by atoms with Crippen molar-refractivity contribution in [3.8, 4) is 5.75 Å². The third-order valence-corrected chi connectivity index (χ3v) is 8.15. The second-order valence-corrected chi connectivity index (χ2v) is 9.58. The Bertz CT molecular complexity index is 842. The smallest absolute Gasteiger partial charge is 0.252 e. The van der Waals surface area contributed by atoms with E-state index in [0.29, 0.717) is 18.8 Å². The fourth-order valence-corrected chi connectivity index (χ4v) is 6.74. The van der Waals surface area contributed by atoms with Crippen molar-refractivity contribution in [2.75, 3.05) is 0 Å². The van der Waals surface area contributed by atoms with Crippen molar-refractivity contribution in [2.45, 2.75) is 68.8 Å². The number of carbonyl (C=O) groups is 1. The van der Waals surface area contributed by atoms with Crippen LogP contribution in [0.3, 0.4) is 0 Å². The molecule has 3 fully saturated rings. The summed E-state index contributed by atoms with van der Waals surface area (Å²) in [7, 11) is 0. The van der Waals surface area contributed by atoms with Crippen LogP contribution in [0.5, 0.6) is 5.75 Å². The molecule has 3 saturated carbocycles. The Morgan fingerprint density at radius 2 is 2.04 bits per heavy atom. The van der Waals surface area contributed by atoms with E-state index in [0.717, 1.165) is 48.3 Å². The number of hydrogen-bond acceptors (Lipinski definition) is 3. The summed E-state index contributed by atoms with van der Waals surface area (Å²) in [6, 6.07) is 3.61. The Morgan fingerprint density at radius 3 is 2.74 bits per heavy atom. The molecule has 0 spiro atoms. The average Bonchev–Trinajstić information content (AvgIpc) is 3.42. The predicted octanol–water partition coefficient (Wildman–Crippen LogP) is 3.58. The van der Waals surface area contributed by atoms with Gasteiger partial charge in [0.25, 0.3) is 5.91 Å². The van der Waals surface area contributed by atoms with Gasteiger partial charge in [-0.25, -0.2) is 0 Å². The lowest BCUT2D eigenvalue weighted by atomic mass is 9.43. The van der Waals surface area contributed by atoms with Crippen molar-refractivity contribution < 1.29 is 15.0 Å². The number of hydrogen-bond donors (Lipinski definition) is 3. The van der Waals surface area contributed by atoms with Crippen molar-refractivity contribution >= 4 is 5.91 Å². The number of amides is 1. The molecule has 4 nitrogen and oxygen atoms in total. The summed E-state index contributed by atoms with van der Waals surface area (Å²) < 4.78 is 0.